The first kappa shape index (κ1) is 15.1. The third-order valence-corrected chi connectivity index (χ3v) is 4.89. The first-order valence-electron chi connectivity index (χ1n) is 6.79. The molecule has 3 rings (SSSR count). The molecule has 3 nitrogen and oxygen atoms in total. The van der Waals surface area contributed by atoms with Gasteiger partial charge in [-0.15, -0.1) is 0 Å². The first-order chi connectivity index (χ1) is 10.7. The van der Waals surface area contributed by atoms with Crippen LogP contribution in [0.1, 0.15) is 16.4 Å². The predicted octanol–water partition coefficient (Wildman–Crippen LogP) is 4.27. The average molecular weight is 329 g/mol. The molecule has 0 fully saturated rings. The first-order valence-corrected chi connectivity index (χ1v) is 8.07. The van der Waals surface area contributed by atoms with E-state index in [1.165, 1.54) is 5.56 Å². The monoisotopic (exact) mass is 329 g/mol. The average Bonchev–Trinajstić information content (AvgIpc) is 2.97. The van der Waals surface area contributed by atoms with Crippen molar-refractivity contribution in [3.8, 4) is 11.5 Å². The number of hydrogen-bond acceptors (Lipinski definition) is 4. The Bertz CT molecular complexity index is 708. The summed E-state index contributed by atoms with van der Waals surface area (Å²) in [5, 5.41) is 0.117. The molecule has 0 saturated heterocycles. The molecule has 2 aromatic carbocycles. The molecule has 1 unspecified atom stereocenters. The van der Waals surface area contributed by atoms with Gasteiger partial charge < -0.3 is 9.47 Å². The molecule has 0 N–H and O–H groups in total. The third kappa shape index (κ3) is 3.00. The van der Waals surface area contributed by atoms with E-state index >= 15 is 0 Å². The standard InChI is InChI=1S/C17H15NO2S2/c1-19-13-7-3-11(4-8-13)15-16(22-17(21)18-15)12-5-9-14(20-2)10-6-12/h3-10,16H,1-2H3. The number of thiocarbonyl (C=S) groups is 1. The highest BCUT2D eigenvalue weighted by atomic mass is 32.2. The van der Waals surface area contributed by atoms with Gasteiger partial charge in [0, 0.05) is 0 Å². The summed E-state index contributed by atoms with van der Waals surface area (Å²) in [6, 6.07) is 16.0. The minimum atomic E-state index is 0.117. The Morgan fingerprint density at radius 3 is 2.00 bits per heavy atom. The lowest BCUT2D eigenvalue weighted by molar-refractivity contribution is 0.414. The molecule has 5 heteroatoms. The fourth-order valence-electron chi connectivity index (χ4n) is 2.32. The summed E-state index contributed by atoms with van der Waals surface area (Å²) in [4.78, 5) is 4.55. The van der Waals surface area contributed by atoms with Crippen molar-refractivity contribution in [3.63, 3.8) is 0 Å². The minimum Gasteiger partial charge on any atom is -0.497 e. The number of rotatable bonds is 4. The van der Waals surface area contributed by atoms with Gasteiger partial charge in [-0.25, -0.2) is 4.99 Å². The molecule has 2 aromatic rings. The largest absolute Gasteiger partial charge is 0.497 e. The topological polar surface area (TPSA) is 30.8 Å². The Kier molecular flexibility index (Phi) is 4.45. The lowest BCUT2D eigenvalue weighted by atomic mass is 10.0. The molecule has 0 saturated carbocycles. The zero-order chi connectivity index (χ0) is 15.5. The number of aliphatic imine (C=N–C) groups is 1. The lowest BCUT2D eigenvalue weighted by Gasteiger charge is -2.13. The maximum Gasteiger partial charge on any atom is 0.161 e. The minimum absolute atomic E-state index is 0.117. The summed E-state index contributed by atoms with van der Waals surface area (Å²) in [6.07, 6.45) is 0. The molecule has 1 aliphatic rings. The molecule has 1 heterocycles. The second kappa shape index (κ2) is 6.50. The van der Waals surface area contributed by atoms with Crippen LogP contribution in [-0.2, 0) is 0 Å². The maximum atomic E-state index is 5.30. The Hall–Kier alpha value is -1.85. The fraction of sp³-hybridized carbons (Fsp3) is 0.176. The van der Waals surface area contributed by atoms with Crippen LogP contribution in [-0.4, -0.2) is 24.3 Å². The zero-order valence-corrected chi connectivity index (χ0v) is 13.9. The van der Waals surface area contributed by atoms with Gasteiger partial charge in [0.15, 0.2) is 4.32 Å². The van der Waals surface area contributed by atoms with Crippen LogP contribution in [0.5, 0.6) is 11.5 Å². The Morgan fingerprint density at radius 2 is 1.45 bits per heavy atom. The SMILES string of the molecule is COc1ccc(C2=NC(=S)SC2c2ccc(OC)cc2)cc1. The lowest BCUT2D eigenvalue weighted by Crippen LogP contribution is -2.07. The summed E-state index contributed by atoms with van der Waals surface area (Å²) >= 11 is 6.90. The number of ether oxygens (including phenoxy) is 2. The summed E-state index contributed by atoms with van der Waals surface area (Å²) in [5.41, 5.74) is 3.22. The van der Waals surface area contributed by atoms with Crippen LogP contribution >= 0.6 is 24.0 Å². The van der Waals surface area contributed by atoms with E-state index in [0.717, 1.165) is 22.8 Å². The molecule has 0 aromatic heterocycles. The summed E-state index contributed by atoms with van der Waals surface area (Å²) in [5.74, 6) is 1.68. The Labute approximate surface area is 139 Å². The van der Waals surface area contributed by atoms with E-state index in [0.29, 0.717) is 4.32 Å². The van der Waals surface area contributed by atoms with Crippen LogP contribution in [0.25, 0.3) is 0 Å². The highest BCUT2D eigenvalue weighted by Crippen LogP contribution is 2.40. The van der Waals surface area contributed by atoms with Gasteiger partial charge in [0.1, 0.15) is 11.5 Å². The van der Waals surface area contributed by atoms with Gasteiger partial charge in [0.2, 0.25) is 0 Å². The predicted molar refractivity (Wildman–Crippen MR) is 95.5 cm³/mol. The van der Waals surface area contributed by atoms with Crippen molar-refractivity contribution < 1.29 is 9.47 Å². The molecule has 0 aliphatic carbocycles. The van der Waals surface area contributed by atoms with Crippen LogP contribution < -0.4 is 9.47 Å². The number of nitrogens with zero attached hydrogens (tertiary/aromatic N) is 1. The molecule has 0 bridgehead atoms. The quantitative estimate of drug-likeness (QED) is 0.784. The molecular weight excluding hydrogens is 314 g/mol. The van der Waals surface area contributed by atoms with Gasteiger partial charge in [0.25, 0.3) is 0 Å². The van der Waals surface area contributed by atoms with E-state index in [4.69, 9.17) is 21.7 Å². The molecule has 0 radical (unpaired) electrons. The highest BCUT2D eigenvalue weighted by molar-refractivity contribution is 8.24. The van der Waals surface area contributed by atoms with Crippen LogP contribution in [0.2, 0.25) is 0 Å². The summed E-state index contributed by atoms with van der Waals surface area (Å²) in [7, 11) is 3.33. The van der Waals surface area contributed by atoms with Crippen LogP contribution in [0, 0.1) is 0 Å². The van der Waals surface area contributed by atoms with E-state index in [1.807, 2.05) is 36.4 Å². The molecule has 112 valence electrons. The normalized spacial score (nSPS) is 17.3. The van der Waals surface area contributed by atoms with Crippen molar-refractivity contribution in [2.24, 2.45) is 4.99 Å². The number of methoxy groups -OCH3 is 2. The molecule has 1 atom stereocenters. The van der Waals surface area contributed by atoms with Crippen molar-refractivity contribution in [1.29, 1.82) is 0 Å². The maximum absolute atomic E-state index is 5.30. The summed E-state index contributed by atoms with van der Waals surface area (Å²) < 4.78 is 11.1. The van der Waals surface area contributed by atoms with Gasteiger partial charge in [-0.05, 0) is 47.5 Å². The van der Waals surface area contributed by atoms with Crippen LogP contribution in [0.4, 0.5) is 0 Å². The van der Waals surface area contributed by atoms with E-state index in [9.17, 15) is 0 Å². The van der Waals surface area contributed by atoms with Gasteiger partial charge in [-0.3, -0.25) is 0 Å². The second-order valence-electron chi connectivity index (χ2n) is 4.76. The van der Waals surface area contributed by atoms with Crippen molar-refractivity contribution in [1.82, 2.24) is 0 Å². The highest BCUT2D eigenvalue weighted by Gasteiger charge is 2.28. The van der Waals surface area contributed by atoms with E-state index in [-0.39, 0.29) is 5.25 Å². The second-order valence-corrected chi connectivity index (χ2v) is 6.50. The van der Waals surface area contributed by atoms with Crippen molar-refractivity contribution >= 4 is 34.0 Å². The fourth-order valence-corrected chi connectivity index (χ4v) is 3.66. The van der Waals surface area contributed by atoms with Crippen LogP contribution in [0.15, 0.2) is 53.5 Å². The smallest absolute Gasteiger partial charge is 0.161 e. The van der Waals surface area contributed by atoms with Gasteiger partial charge in [-0.2, -0.15) is 0 Å². The number of hydrogen-bond donors (Lipinski definition) is 0. The Balaban J connectivity index is 1.93. The van der Waals surface area contributed by atoms with Crippen LogP contribution in [0.3, 0.4) is 0 Å². The number of benzene rings is 2. The molecule has 22 heavy (non-hydrogen) atoms. The Morgan fingerprint density at radius 1 is 0.909 bits per heavy atom. The van der Waals surface area contributed by atoms with E-state index in [2.05, 4.69) is 17.1 Å². The van der Waals surface area contributed by atoms with Crippen molar-refractivity contribution in [3.05, 3.63) is 59.7 Å². The number of thioether (sulfide) groups is 1. The molecule has 0 spiro atoms. The van der Waals surface area contributed by atoms with Crippen molar-refractivity contribution in [2.45, 2.75) is 5.25 Å². The van der Waals surface area contributed by atoms with Gasteiger partial charge in [0.05, 0.1) is 25.2 Å². The molecule has 0 amide bonds. The van der Waals surface area contributed by atoms with Gasteiger partial charge in [-0.1, -0.05) is 36.1 Å². The van der Waals surface area contributed by atoms with E-state index < -0.39 is 0 Å². The molecule has 1 aliphatic heterocycles. The van der Waals surface area contributed by atoms with Crippen molar-refractivity contribution in [2.75, 3.05) is 14.2 Å². The zero-order valence-electron chi connectivity index (χ0n) is 12.3. The molecular formula is C17H15NO2S2. The third-order valence-electron chi connectivity index (χ3n) is 3.48. The van der Waals surface area contributed by atoms with Gasteiger partial charge >= 0.3 is 0 Å². The van der Waals surface area contributed by atoms with E-state index in [1.54, 1.807) is 26.0 Å². The summed E-state index contributed by atoms with van der Waals surface area (Å²) in [6.45, 7) is 0.